The second-order valence-corrected chi connectivity index (χ2v) is 5.88. The van der Waals surface area contributed by atoms with Crippen LogP contribution in [0.15, 0.2) is 0 Å². The molecule has 0 aliphatic heterocycles. The molecule has 2 heteroatoms. The molecule has 0 heterocycles. The van der Waals surface area contributed by atoms with Crippen molar-refractivity contribution >= 4 is 0 Å². The summed E-state index contributed by atoms with van der Waals surface area (Å²) in [6, 6.07) is 0. The first-order valence-corrected chi connectivity index (χ1v) is 6.32. The summed E-state index contributed by atoms with van der Waals surface area (Å²) in [7, 11) is 1.70. The molecule has 0 aromatic rings. The lowest BCUT2D eigenvalue weighted by Gasteiger charge is -2.30. The van der Waals surface area contributed by atoms with E-state index < -0.39 is 5.60 Å². The molecule has 2 aliphatic rings. The number of aliphatic hydroxyl groups is 1. The van der Waals surface area contributed by atoms with Crippen LogP contribution < -0.4 is 0 Å². The van der Waals surface area contributed by atoms with Crippen molar-refractivity contribution < 1.29 is 9.84 Å². The highest BCUT2D eigenvalue weighted by Gasteiger charge is 2.41. The van der Waals surface area contributed by atoms with Gasteiger partial charge in [-0.2, -0.15) is 0 Å². The van der Waals surface area contributed by atoms with Gasteiger partial charge in [-0.25, -0.2) is 0 Å². The molecule has 2 nitrogen and oxygen atoms in total. The number of methoxy groups -OCH3 is 1. The van der Waals surface area contributed by atoms with Crippen LogP contribution in [0.25, 0.3) is 0 Å². The van der Waals surface area contributed by atoms with E-state index in [1.165, 1.54) is 25.7 Å². The molecule has 0 saturated heterocycles. The predicted octanol–water partition coefficient (Wildman–Crippen LogP) is 2.60. The van der Waals surface area contributed by atoms with Crippen LogP contribution in [0, 0.1) is 17.8 Å². The topological polar surface area (TPSA) is 29.5 Å². The first-order valence-electron chi connectivity index (χ1n) is 6.32. The molecule has 88 valence electrons. The molecule has 2 fully saturated rings. The summed E-state index contributed by atoms with van der Waals surface area (Å²) < 4.78 is 5.04. The van der Waals surface area contributed by atoms with Crippen LogP contribution >= 0.6 is 0 Å². The van der Waals surface area contributed by atoms with Crippen molar-refractivity contribution in [3.05, 3.63) is 0 Å². The van der Waals surface area contributed by atoms with Gasteiger partial charge in [0.2, 0.25) is 0 Å². The maximum Gasteiger partial charge on any atom is 0.0644 e. The van der Waals surface area contributed by atoms with Gasteiger partial charge in [0.1, 0.15) is 0 Å². The van der Waals surface area contributed by atoms with E-state index in [2.05, 4.69) is 0 Å². The summed E-state index contributed by atoms with van der Waals surface area (Å²) >= 11 is 0. The van der Waals surface area contributed by atoms with E-state index in [0.29, 0.717) is 6.61 Å². The van der Waals surface area contributed by atoms with Gasteiger partial charge in [0.15, 0.2) is 0 Å². The van der Waals surface area contributed by atoms with Crippen LogP contribution in [0.2, 0.25) is 0 Å². The number of hydrogen-bond acceptors (Lipinski definition) is 2. The highest BCUT2D eigenvalue weighted by Crippen LogP contribution is 2.50. The number of fused-ring (bicyclic) bond motifs is 2. The first kappa shape index (κ1) is 11.4. The Labute approximate surface area is 93.0 Å². The minimum absolute atomic E-state index is 0.509. The third kappa shape index (κ3) is 2.73. The van der Waals surface area contributed by atoms with Gasteiger partial charge in [0, 0.05) is 13.7 Å². The average Bonchev–Trinajstić information content (AvgIpc) is 2.75. The lowest BCUT2D eigenvalue weighted by Crippen LogP contribution is -2.31. The van der Waals surface area contributed by atoms with Crippen LogP contribution in [0.3, 0.4) is 0 Å². The quantitative estimate of drug-likeness (QED) is 0.759. The van der Waals surface area contributed by atoms with E-state index in [1.54, 1.807) is 7.11 Å². The van der Waals surface area contributed by atoms with Gasteiger partial charge in [-0.1, -0.05) is 6.42 Å². The fraction of sp³-hybridized carbons (Fsp3) is 1.00. The van der Waals surface area contributed by atoms with Gasteiger partial charge in [-0.15, -0.1) is 0 Å². The molecule has 0 aromatic heterocycles. The summed E-state index contributed by atoms with van der Waals surface area (Å²) in [4.78, 5) is 0. The molecule has 2 bridgehead atoms. The third-order valence-corrected chi connectivity index (χ3v) is 4.43. The Balaban J connectivity index is 1.80. The molecule has 2 rings (SSSR count). The van der Waals surface area contributed by atoms with E-state index >= 15 is 0 Å². The molecule has 4 unspecified atom stereocenters. The molecule has 0 aromatic carbocycles. The van der Waals surface area contributed by atoms with Crippen LogP contribution in [-0.4, -0.2) is 24.4 Å². The normalized spacial score (nSPS) is 38.2. The third-order valence-electron chi connectivity index (χ3n) is 4.43. The van der Waals surface area contributed by atoms with Crippen molar-refractivity contribution in [2.75, 3.05) is 13.7 Å². The fourth-order valence-electron chi connectivity index (χ4n) is 3.62. The van der Waals surface area contributed by atoms with Gasteiger partial charge < -0.3 is 9.84 Å². The van der Waals surface area contributed by atoms with E-state index in [4.69, 9.17) is 4.74 Å². The molecule has 0 radical (unpaired) electrons. The fourth-order valence-corrected chi connectivity index (χ4v) is 3.62. The molecule has 2 aliphatic carbocycles. The lowest BCUT2D eigenvalue weighted by molar-refractivity contribution is -0.00292. The van der Waals surface area contributed by atoms with Crippen molar-refractivity contribution in [1.82, 2.24) is 0 Å². The molecule has 15 heavy (non-hydrogen) atoms. The molecular formula is C13H24O2. The maximum atomic E-state index is 10.3. The van der Waals surface area contributed by atoms with Gasteiger partial charge >= 0.3 is 0 Å². The molecule has 4 atom stereocenters. The standard InChI is InChI=1S/C13H24O2/c1-13(14,5-6-15-2)9-12-8-10-3-4-11(12)7-10/h10-12,14H,3-9H2,1-2H3. The van der Waals surface area contributed by atoms with Crippen molar-refractivity contribution in [3.63, 3.8) is 0 Å². The minimum Gasteiger partial charge on any atom is -0.390 e. The Morgan fingerprint density at radius 1 is 1.33 bits per heavy atom. The molecule has 0 amide bonds. The van der Waals surface area contributed by atoms with Crippen LogP contribution in [0.4, 0.5) is 0 Å². The molecule has 2 saturated carbocycles. The highest BCUT2D eigenvalue weighted by molar-refractivity contribution is 4.92. The largest absolute Gasteiger partial charge is 0.390 e. The zero-order valence-corrected chi connectivity index (χ0v) is 10.0. The monoisotopic (exact) mass is 212 g/mol. The lowest BCUT2D eigenvalue weighted by atomic mass is 9.80. The molecule has 0 spiro atoms. The molecular weight excluding hydrogens is 188 g/mol. The van der Waals surface area contributed by atoms with E-state index in [0.717, 1.165) is 30.6 Å². The Morgan fingerprint density at radius 2 is 2.13 bits per heavy atom. The smallest absolute Gasteiger partial charge is 0.0644 e. The Morgan fingerprint density at radius 3 is 2.67 bits per heavy atom. The summed E-state index contributed by atoms with van der Waals surface area (Å²) in [6.07, 6.45) is 7.42. The van der Waals surface area contributed by atoms with E-state index in [9.17, 15) is 5.11 Å². The number of rotatable bonds is 5. The second-order valence-electron chi connectivity index (χ2n) is 5.88. The Hall–Kier alpha value is -0.0800. The van der Waals surface area contributed by atoms with Gasteiger partial charge in [0.25, 0.3) is 0 Å². The maximum absolute atomic E-state index is 10.3. The summed E-state index contributed by atoms with van der Waals surface area (Å²) in [5, 5.41) is 10.3. The summed E-state index contributed by atoms with van der Waals surface area (Å²) in [5.74, 6) is 2.69. The summed E-state index contributed by atoms with van der Waals surface area (Å²) in [5.41, 5.74) is -0.509. The van der Waals surface area contributed by atoms with Gasteiger partial charge in [0.05, 0.1) is 5.60 Å². The van der Waals surface area contributed by atoms with Crippen molar-refractivity contribution in [2.45, 2.75) is 51.0 Å². The van der Waals surface area contributed by atoms with Crippen LogP contribution in [0.1, 0.15) is 45.4 Å². The van der Waals surface area contributed by atoms with Gasteiger partial charge in [-0.3, -0.25) is 0 Å². The van der Waals surface area contributed by atoms with E-state index in [-0.39, 0.29) is 0 Å². The Bertz CT molecular complexity index is 213. The second kappa shape index (κ2) is 4.42. The van der Waals surface area contributed by atoms with Gasteiger partial charge in [-0.05, 0) is 56.8 Å². The van der Waals surface area contributed by atoms with Crippen LogP contribution in [0.5, 0.6) is 0 Å². The van der Waals surface area contributed by atoms with Crippen molar-refractivity contribution in [2.24, 2.45) is 17.8 Å². The number of hydrogen-bond donors (Lipinski definition) is 1. The predicted molar refractivity (Wildman–Crippen MR) is 60.7 cm³/mol. The summed E-state index contributed by atoms with van der Waals surface area (Å²) in [6.45, 7) is 2.64. The van der Waals surface area contributed by atoms with Crippen molar-refractivity contribution in [1.29, 1.82) is 0 Å². The zero-order valence-electron chi connectivity index (χ0n) is 10.0. The van der Waals surface area contributed by atoms with Crippen LogP contribution in [-0.2, 0) is 4.74 Å². The highest BCUT2D eigenvalue weighted by atomic mass is 16.5. The SMILES string of the molecule is COCCC(C)(O)CC1CC2CCC1C2. The van der Waals surface area contributed by atoms with Crippen molar-refractivity contribution in [3.8, 4) is 0 Å². The molecule has 1 N–H and O–H groups in total. The number of ether oxygens (including phenoxy) is 1. The minimum atomic E-state index is -0.509. The first-order chi connectivity index (χ1) is 7.11. The van der Waals surface area contributed by atoms with E-state index in [1.807, 2.05) is 6.92 Å². The average molecular weight is 212 g/mol. The Kier molecular flexibility index (Phi) is 3.36. The zero-order chi connectivity index (χ0) is 10.9.